The molecule has 1 nitrogen and oxygen atoms in total. The van der Waals surface area contributed by atoms with Crippen LogP contribution in [0.25, 0.3) is 0 Å². The topological polar surface area (TPSA) is 20.2 Å². The fourth-order valence-corrected chi connectivity index (χ4v) is 4.43. The first-order valence-corrected chi connectivity index (χ1v) is 6.70. The molecule has 17 heavy (non-hydrogen) atoms. The van der Waals surface area contributed by atoms with Crippen molar-refractivity contribution in [1.82, 2.24) is 0 Å². The van der Waals surface area contributed by atoms with E-state index in [-0.39, 0.29) is 10.8 Å². The average molecular weight is 230 g/mol. The van der Waals surface area contributed by atoms with Gasteiger partial charge in [-0.05, 0) is 36.2 Å². The van der Waals surface area contributed by atoms with Gasteiger partial charge in [0, 0.05) is 5.41 Å². The van der Waals surface area contributed by atoms with Gasteiger partial charge in [0.1, 0.15) is 0 Å². The molecule has 0 aromatic heterocycles. The molecule has 0 amide bonds. The van der Waals surface area contributed by atoms with Crippen LogP contribution in [0.5, 0.6) is 0 Å². The van der Waals surface area contributed by atoms with Crippen LogP contribution in [0.1, 0.15) is 45.6 Å². The number of fused-ring (bicyclic) bond motifs is 2. The summed E-state index contributed by atoms with van der Waals surface area (Å²) in [7, 11) is 0. The molecule has 0 heterocycles. The number of aliphatic hydroxyl groups is 1. The Morgan fingerprint density at radius 3 is 2.24 bits per heavy atom. The van der Waals surface area contributed by atoms with Gasteiger partial charge in [0.05, 0.1) is 5.60 Å². The molecule has 1 N–H and O–H groups in total. The van der Waals surface area contributed by atoms with Gasteiger partial charge >= 0.3 is 0 Å². The molecule has 2 bridgehead atoms. The van der Waals surface area contributed by atoms with Crippen LogP contribution < -0.4 is 0 Å². The minimum Gasteiger partial charge on any atom is -0.385 e. The zero-order chi connectivity index (χ0) is 12.3. The minimum absolute atomic E-state index is 0.0199. The van der Waals surface area contributed by atoms with E-state index in [4.69, 9.17) is 0 Å². The first-order chi connectivity index (χ1) is 7.92. The molecule has 0 saturated heterocycles. The summed E-state index contributed by atoms with van der Waals surface area (Å²) in [5.74, 6) is 0.665. The Kier molecular flexibility index (Phi) is 2.08. The molecule has 3 atom stereocenters. The van der Waals surface area contributed by atoms with E-state index in [2.05, 4.69) is 32.9 Å². The van der Waals surface area contributed by atoms with E-state index in [1.54, 1.807) is 0 Å². The summed E-state index contributed by atoms with van der Waals surface area (Å²) in [6.07, 6.45) is 3.36. The van der Waals surface area contributed by atoms with Crippen molar-refractivity contribution in [2.75, 3.05) is 0 Å². The highest BCUT2D eigenvalue weighted by Gasteiger charge is 2.68. The van der Waals surface area contributed by atoms with Crippen molar-refractivity contribution < 1.29 is 5.11 Å². The molecular formula is C16H22O. The maximum absolute atomic E-state index is 11.2. The van der Waals surface area contributed by atoms with Gasteiger partial charge in [-0.1, -0.05) is 51.1 Å². The van der Waals surface area contributed by atoms with E-state index in [0.29, 0.717) is 5.92 Å². The largest absolute Gasteiger partial charge is 0.385 e. The summed E-state index contributed by atoms with van der Waals surface area (Å²) in [6.45, 7) is 6.96. The van der Waals surface area contributed by atoms with E-state index in [0.717, 1.165) is 18.4 Å². The van der Waals surface area contributed by atoms with Gasteiger partial charge in [-0.15, -0.1) is 0 Å². The summed E-state index contributed by atoms with van der Waals surface area (Å²) in [5, 5.41) is 11.2. The third-order valence-corrected chi connectivity index (χ3v) is 6.14. The quantitative estimate of drug-likeness (QED) is 0.779. The highest BCUT2D eigenvalue weighted by Crippen LogP contribution is 2.72. The van der Waals surface area contributed by atoms with Gasteiger partial charge in [0.15, 0.2) is 0 Å². The fraction of sp³-hybridized carbons (Fsp3) is 0.625. The lowest BCUT2D eigenvalue weighted by Gasteiger charge is -2.45. The second-order valence-electron chi connectivity index (χ2n) is 6.72. The van der Waals surface area contributed by atoms with E-state index in [1.807, 2.05) is 18.2 Å². The SMILES string of the molecule is CC1(C)[C@@H]2CC[C@@]1(C)[C@@](O)(c1ccccc1)C2. The van der Waals surface area contributed by atoms with Gasteiger partial charge in [-0.3, -0.25) is 0 Å². The van der Waals surface area contributed by atoms with Gasteiger partial charge in [-0.2, -0.15) is 0 Å². The van der Waals surface area contributed by atoms with E-state index in [1.165, 1.54) is 6.42 Å². The summed E-state index contributed by atoms with van der Waals surface area (Å²) >= 11 is 0. The molecule has 0 aliphatic heterocycles. The maximum Gasteiger partial charge on any atom is 0.0957 e. The Morgan fingerprint density at radius 1 is 1.12 bits per heavy atom. The number of hydrogen-bond acceptors (Lipinski definition) is 1. The molecule has 1 aromatic rings. The molecule has 0 radical (unpaired) electrons. The van der Waals surface area contributed by atoms with Crippen LogP contribution in [-0.2, 0) is 5.60 Å². The van der Waals surface area contributed by atoms with E-state index < -0.39 is 5.60 Å². The predicted octanol–water partition coefficient (Wildman–Crippen LogP) is 3.72. The molecule has 2 aliphatic rings. The van der Waals surface area contributed by atoms with Crippen LogP contribution >= 0.6 is 0 Å². The Hall–Kier alpha value is -0.820. The first-order valence-electron chi connectivity index (χ1n) is 6.70. The van der Waals surface area contributed by atoms with Crippen molar-refractivity contribution in [1.29, 1.82) is 0 Å². The van der Waals surface area contributed by atoms with Crippen molar-refractivity contribution in [2.45, 2.75) is 45.6 Å². The molecular weight excluding hydrogens is 208 g/mol. The average Bonchev–Trinajstić information content (AvgIpc) is 2.62. The number of hydrogen-bond donors (Lipinski definition) is 1. The molecule has 1 aromatic carbocycles. The predicted molar refractivity (Wildman–Crippen MR) is 69.6 cm³/mol. The second-order valence-corrected chi connectivity index (χ2v) is 6.72. The Morgan fingerprint density at radius 2 is 1.76 bits per heavy atom. The van der Waals surface area contributed by atoms with Crippen LogP contribution in [-0.4, -0.2) is 5.11 Å². The number of benzene rings is 1. The zero-order valence-electron chi connectivity index (χ0n) is 11.0. The van der Waals surface area contributed by atoms with Crippen LogP contribution in [0.2, 0.25) is 0 Å². The summed E-state index contributed by atoms with van der Waals surface area (Å²) in [6, 6.07) is 10.3. The van der Waals surface area contributed by atoms with Crippen LogP contribution in [0.3, 0.4) is 0 Å². The second kappa shape index (κ2) is 3.14. The molecule has 0 unspecified atom stereocenters. The fourth-order valence-electron chi connectivity index (χ4n) is 4.43. The third kappa shape index (κ3) is 1.14. The van der Waals surface area contributed by atoms with Crippen molar-refractivity contribution in [3.63, 3.8) is 0 Å². The highest BCUT2D eigenvalue weighted by molar-refractivity contribution is 5.31. The maximum atomic E-state index is 11.2. The normalized spacial score (nSPS) is 42.9. The van der Waals surface area contributed by atoms with E-state index in [9.17, 15) is 5.11 Å². The smallest absolute Gasteiger partial charge is 0.0957 e. The van der Waals surface area contributed by atoms with Gasteiger partial charge < -0.3 is 5.11 Å². The summed E-state index contributed by atoms with van der Waals surface area (Å²) < 4.78 is 0. The highest BCUT2D eigenvalue weighted by atomic mass is 16.3. The Balaban J connectivity index is 2.13. The van der Waals surface area contributed by atoms with Crippen molar-refractivity contribution in [3.8, 4) is 0 Å². The molecule has 2 fully saturated rings. The molecule has 2 aliphatic carbocycles. The Bertz CT molecular complexity index is 436. The molecule has 92 valence electrons. The Labute approximate surface area is 104 Å². The van der Waals surface area contributed by atoms with Crippen molar-refractivity contribution >= 4 is 0 Å². The van der Waals surface area contributed by atoms with Crippen molar-refractivity contribution in [3.05, 3.63) is 35.9 Å². The third-order valence-electron chi connectivity index (χ3n) is 6.14. The minimum atomic E-state index is -0.624. The van der Waals surface area contributed by atoms with Gasteiger partial charge in [0.2, 0.25) is 0 Å². The molecule has 3 rings (SSSR count). The molecule has 2 saturated carbocycles. The zero-order valence-corrected chi connectivity index (χ0v) is 11.0. The lowest BCUT2D eigenvalue weighted by Crippen LogP contribution is -2.44. The van der Waals surface area contributed by atoms with Crippen LogP contribution in [0, 0.1) is 16.7 Å². The van der Waals surface area contributed by atoms with E-state index >= 15 is 0 Å². The molecule has 1 heteroatoms. The lowest BCUT2D eigenvalue weighted by molar-refractivity contribution is -0.0957. The van der Waals surface area contributed by atoms with Gasteiger partial charge in [-0.25, -0.2) is 0 Å². The van der Waals surface area contributed by atoms with Crippen LogP contribution in [0.4, 0.5) is 0 Å². The molecule has 0 spiro atoms. The number of rotatable bonds is 1. The monoisotopic (exact) mass is 230 g/mol. The lowest BCUT2D eigenvalue weighted by atomic mass is 9.62. The summed E-state index contributed by atoms with van der Waals surface area (Å²) in [4.78, 5) is 0. The summed E-state index contributed by atoms with van der Waals surface area (Å²) in [5.41, 5.74) is 0.752. The standard InChI is InChI=1S/C16H22O/c1-14(2)13-9-10-15(14,3)16(17,11-13)12-7-5-4-6-8-12/h4-8,13,17H,9-11H2,1-3H3/t13-,15-,16+/m1/s1. The van der Waals surface area contributed by atoms with Gasteiger partial charge in [0.25, 0.3) is 0 Å². The van der Waals surface area contributed by atoms with Crippen molar-refractivity contribution in [2.24, 2.45) is 16.7 Å². The van der Waals surface area contributed by atoms with Crippen LogP contribution in [0.15, 0.2) is 30.3 Å². The first kappa shape index (κ1) is 11.3.